The molecule has 0 radical (unpaired) electrons. The number of likely N-dealkylation sites (tertiary alicyclic amines) is 1. The Bertz CT molecular complexity index is 982. The molecule has 3 aliphatic rings. The molecule has 1 saturated carbocycles. The summed E-state index contributed by atoms with van der Waals surface area (Å²) >= 11 is 0. The van der Waals surface area contributed by atoms with Crippen molar-refractivity contribution in [3.63, 3.8) is 0 Å². The molecule has 4 atom stereocenters. The van der Waals surface area contributed by atoms with Crippen LogP contribution in [0.15, 0.2) is 0 Å². The molecule has 0 spiro atoms. The summed E-state index contributed by atoms with van der Waals surface area (Å²) in [6.45, 7) is 3.79. The molecular formula is C25H36F3N5O6. The smallest absolute Gasteiger partial charge is 0.356 e. The van der Waals surface area contributed by atoms with Gasteiger partial charge < -0.3 is 26.2 Å². The first-order valence-electron chi connectivity index (χ1n) is 13.4. The number of alkyl halides is 3. The van der Waals surface area contributed by atoms with E-state index in [2.05, 4.69) is 16.0 Å². The molecule has 2 heterocycles. The van der Waals surface area contributed by atoms with Crippen LogP contribution in [0.4, 0.5) is 13.2 Å². The summed E-state index contributed by atoms with van der Waals surface area (Å²) in [5, 5.41) is 9.48. The average molecular weight is 560 g/mol. The molecule has 0 aromatic carbocycles. The van der Waals surface area contributed by atoms with Crippen LogP contribution in [0.3, 0.4) is 0 Å². The lowest BCUT2D eigenvalue weighted by Gasteiger charge is -2.32. The standard InChI is InChI=1S/C25H36F3N5O6/c1-13(2)30-22(37)19(34)16(12-15-9-10-29-20(15)35)31-21(36)17-8-5-11-33(17)23(38)18(14-6-3-4-7-14)32-24(39)25(26,27)28/h13-18H,3-12H2,1-2H3,(H,29,35)(H,30,37)(H,31,36)(H,32,39)/t15-,16-,17-,18-/m0/s1. The molecule has 2 saturated heterocycles. The van der Waals surface area contributed by atoms with Crippen molar-refractivity contribution in [3.8, 4) is 0 Å². The van der Waals surface area contributed by atoms with Crippen molar-refractivity contribution in [1.82, 2.24) is 26.2 Å². The van der Waals surface area contributed by atoms with Gasteiger partial charge in [0, 0.05) is 25.0 Å². The van der Waals surface area contributed by atoms with E-state index in [1.54, 1.807) is 13.8 Å². The van der Waals surface area contributed by atoms with Crippen molar-refractivity contribution < 1.29 is 41.9 Å². The van der Waals surface area contributed by atoms with E-state index in [1.807, 2.05) is 5.32 Å². The van der Waals surface area contributed by atoms with E-state index in [0.29, 0.717) is 45.1 Å². The van der Waals surface area contributed by atoms with Gasteiger partial charge in [-0.3, -0.25) is 28.8 Å². The minimum Gasteiger partial charge on any atom is -0.356 e. The Balaban J connectivity index is 1.77. The van der Waals surface area contributed by atoms with Crippen LogP contribution in [0.5, 0.6) is 0 Å². The van der Waals surface area contributed by atoms with Crippen LogP contribution < -0.4 is 21.3 Å². The van der Waals surface area contributed by atoms with Crippen LogP contribution in [-0.4, -0.2) is 83.7 Å². The molecule has 5 amide bonds. The SMILES string of the molecule is CC(C)NC(=O)C(=O)[C@H](C[C@@H]1CCNC1=O)NC(=O)[C@@H]1CCCN1C(=O)[C@@H](NC(=O)C(F)(F)F)C1CCCC1. The van der Waals surface area contributed by atoms with Gasteiger partial charge in [-0.1, -0.05) is 12.8 Å². The van der Waals surface area contributed by atoms with E-state index in [0.717, 1.165) is 4.90 Å². The highest BCUT2D eigenvalue weighted by molar-refractivity contribution is 6.38. The van der Waals surface area contributed by atoms with Crippen molar-refractivity contribution in [1.29, 1.82) is 0 Å². The zero-order chi connectivity index (χ0) is 28.9. The van der Waals surface area contributed by atoms with Crippen LogP contribution in [0.25, 0.3) is 0 Å². The number of amides is 5. The van der Waals surface area contributed by atoms with Gasteiger partial charge in [-0.15, -0.1) is 0 Å². The monoisotopic (exact) mass is 559 g/mol. The molecule has 3 fully saturated rings. The molecule has 0 aromatic rings. The van der Waals surface area contributed by atoms with Crippen molar-refractivity contribution >= 4 is 35.3 Å². The number of hydrogen-bond donors (Lipinski definition) is 4. The number of Topliss-reactive ketones (excluding diaryl/α,β-unsaturated/α-hetero) is 1. The molecule has 2 aliphatic heterocycles. The number of carbonyl (C=O) groups is 6. The Morgan fingerprint density at radius 1 is 0.974 bits per heavy atom. The Hall–Kier alpha value is -3.19. The largest absolute Gasteiger partial charge is 0.471 e. The number of rotatable bonds is 10. The summed E-state index contributed by atoms with van der Waals surface area (Å²) in [5.41, 5.74) is 0. The van der Waals surface area contributed by atoms with E-state index in [4.69, 9.17) is 0 Å². The van der Waals surface area contributed by atoms with Crippen LogP contribution in [0, 0.1) is 11.8 Å². The van der Waals surface area contributed by atoms with E-state index in [1.165, 1.54) is 0 Å². The molecule has 0 aromatic heterocycles. The minimum absolute atomic E-state index is 0.0828. The highest BCUT2D eigenvalue weighted by Gasteiger charge is 2.46. The van der Waals surface area contributed by atoms with Gasteiger partial charge in [0.05, 0.1) is 6.04 Å². The van der Waals surface area contributed by atoms with E-state index in [9.17, 15) is 41.9 Å². The third-order valence-electron chi connectivity index (χ3n) is 7.48. The summed E-state index contributed by atoms with van der Waals surface area (Å²) in [4.78, 5) is 77.2. The summed E-state index contributed by atoms with van der Waals surface area (Å²) in [7, 11) is 0. The average Bonchev–Trinajstić information content (AvgIpc) is 3.62. The Labute approximate surface area is 224 Å². The summed E-state index contributed by atoms with van der Waals surface area (Å²) in [5.74, 6) is -7.01. The number of carbonyl (C=O) groups excluding carboxylic acids is 6. The minimum atomic E-state index is -5.17. The van der Waals surface area contributed by atoms with Gasteiger partial charge in [0.2, 0.25) is 23.5 Å². The lowest BCUT2D eigenvalue weighted by Crippen LogP contribution is -2.59. The maximum atomic E-state index is 13.5. The molecule has 0 bridgehead atoms. The molecule has 4 N–H and O–H groups in total. The summed E-state index contributed by atoms with van der Waals surface area (Å²) in [6, 6.07) is -4.23. The first-order chi connectivity index (χ1) is 18.3. The lowest BCUT2D eigenvalue weighted by atomic mass is 9.94. The van der Waals surface area contributed by atoms with E-state index in [-0.39, 0.29) is 31.3 Å². The van der Waals surface area contributed by atoms with Gasteiger partial charge in [-0.2, -0.15) is 13.2 Å². The molecular weight excluding hydrogens is 523 g/mol. The summed E-state index contributed by atoms with van der Waals surface area (Å²) in [6.07, 6.45) is -1.97. The maximum Gasteiger partial charge on any atom is 0.471 e. The van der Waals surface area contributed by atoms with Crippen LogP contribution >= 0.6 is 0 Å². The molecule has 11 nitrogen and oxygen atoms in total. The number of ketones is 1. The second-order valence-electron chi connectivity index (χ2n) is 10.7. The molecule has 1 aliphatic carbocycles. The van der Waals surface area contributed by atoms with Crippen LogP contribution in [0.1, 0.15) is 65.2 Å². The fourth-order valence-electron chi connectivity index (χ4n) is 5.52. The van der Waals surface area contributed by atoms with E-state index < -0.39 is 65.5 Å². The zero-order valence-electron chi connectivity index (χ0n) is 22.1. The Morgan fingerprint density at radius 3 is 2.21 bits per heavy atom. The van der Waals surface area contributed by atoms with E-state index >= 15 is 0 Å². The second kappa shape index (κ2) is 12.8. The zero-order valence-corrected chi connectivity index (χ0v) is 22.1. The number of nitrogens with one attached hydrogen (secondary N) is 4. The van der Waals surface area contributed by atoms with Crippen LogP contribution in [-0.2, 0) is 28.8 Å². The Morgan fingerprint density at radius 2 is 1.64 bits per heavy atom. The van der Waals surface area contributed by atoms with Crippen LogP contribution in [0.2, 0.25) is 0 Å². The summed E-state index contributed by atoms with van der Waals surface area (Å²) < 4.78 is 39.0. The number of hydrogen-bond acceptors (Lipinski definition) is 6. The lowest BCUT2D eigenvalue weighted by molar-refractivity contribution is -0.175. The number of nitrogens with zero attached hydrogens (tertiary/aromatic N) is 1. The molecule has 3 rings (SSSR count). The predicted molar refractivity (Wildman–Crippen MR) is 131 cm³/mol. The first kappa shape index (κ1) is 30.4. The number of halogens is 3. The van der Waals surface area contributed by atoms with Gasteiger partial charge in [-0.05, 0) is 58.3 Å². The topological polar surface area (TPSA) is 154 Å². The predicted octanol–water partition coefficient (Wildman–Crippen LogP) is 0.319. The first-order valence-corrected chi connectivity index (χ1v) is 13.4. The highest BCUT2D eigenvalue weighted by atomic mass is 19.4. The van der Waals surface area contributed by atoms with Crippen molar-refractivity contribution in [2.24, 2.45) is 11.8 Å². The Kier molecular flexibility index (Phi) is 9.94. The second-order valence-corrected chi connectivity index (χ2v) is 10.7. The van der Waals surface area contributed by atoms with Crippen molar-refractivity contribution in [3.05, 3.63) is 0 Å². The fraction of sp³-hybridized carbons (Fsp3) is 0.760. The molecule has 39 heavy (non-hydrogen) atoms. The third kappa shape index (κ3) is 7.69. The van der Waals surface area contributed by atoms with Gasteiger partial charge >= 0.3 is 12.1 Å². The molecule has 218 valence electrons. The normalized spacial score (nSPS) is 23.3. The van der Waals surface area contributed by atoms with Gasteiger partial charge in [-0.25, -0.2) is 0 Å². The maximum absolute atomic E-state index is 13.5. The fourth-order valence-corrected chi connectivity index (χ4v) is 5.52. The molecule has 0 unspecified atom stereocenters. The molecule has 14 heteroatoms. The highest BCUT2D eigenvalue weighted by Crippen LogP contribution is 2.31. The third-order valence-corrected chi connectivity index (χ3v) is 7.48. The van der Waals surface area contributed by atoms with Crippen molar-refractivity contribution in [2.75, 3.05) is 13.1 Å². The van der Waals surface area contributed by atoms with Crippen molar-refractivity contribution in [2.45, 2.75) is 95.6 Å². The quantitative estimate of drug-likeness (QED) is 0.283. The van der Waals surface area contributed by atoms with Gasteiger partial charge in [0.1, 0.15) is 12.1 Å². The van der Waals surface area contributed by atoms with Gasteiger partial charge in [0.25, 0.3) is 5.91 Å². The van der Waals surface area contributed by atoms with Gasteiger partial charge in [0.15, 0.2) is 0 Å².